The summed E-state index contributed by atoms with van der Waals surface area (Å²) in [7, 11) is 1.19. The van der Waals surface area contributed by atoms with Gasteiger partial charge in [0, 0.05) is 33.1 Å². The van der Waals surface area contributed by atoms with Gasteiger partial charge in [-0.2, -0.15) is 0 Å². The first-order chi connectivity index (χ1) is 14.0. The minimum atomic E-state index is -1.83. The summed E-state index contributed by atoms with van der Waals surface area (Å²) < 4.78 is 32.2. The molecule has 0 radical (unpaired) electrons. The third-order valence-electron chi connectivity index (χ3n) is 5.78. The molecule has 3 rings (SSSR count). The lowest BCUT2D eigenvalue weighted by atomic mass is 9.53. The van der Waals surface area contributed by atoms with E-state index in [1.807, 2.05) is 0 Å². The molecule has 11 heteroatoms. The van der Waals surface area contributed by atoms with Crippen LogP contribution in [0.3, 0.4) is 0 Å². The van der Waals surface area contributed by atoms with Crippen molar-refractivity contribution in [2.45, 2.75) is 63.6 Å². The molecule has 30 heavy (non-hydrogen) atoms. The van der Waals surface area contributed by atoms with Crippen molar-refractivity contribution in [2.75, 3.05) is 13.7 Å². The van der Waals surface area contributed by atoms with Gasteiger partial charge in [-0.3, -0.25) is 19.2 Å². The van der Waals surface area contributed by atoms with E-state index in [0.717, 1.165) is 20.8 Å². The second-order valence-electron chi connectivity index (χ2n) is 7.84. The molecule has 11 nitrogen and oxygen atoms in total. The van der Waals surface area contributed by atoms with Gasteiger partial charge < -0.3 is 28.4 Å². The molecule has 1 aliphatic carbocycles. The van der Waals surface area contributed by atoms with Crippen LogP contribution in [-0.2, 0) is 52.4 Å². The van der Waals surface area contributed by atoms with E-state index < -0.39 is 77.8 Å². The first kappa shape index (κ1) is 22.0. The molecule has 2 aliphatic heterocycles. The normalized spacial score (nSPS) is 37.0. The Labute approximate surface area is 172 Å². The Bertz CT molecular complexity index is 791. The summed E-state index contributed by atoms with van der Waals surface area (Å²) in [5.74, 6) is -5.14. The van der Waals surface area contributed by atoms with E-state index in [0.29, 0.717) is 0 Å². The molecular weight excluding hydrogens is 404 g/mol. The average Bonchev–Trinajstić information content (AvgIpc) is 2.95. The summed E-state index contributed by atoms with van der Waals surface area (Å²) in [6, 6.07) is 0. The van der Waals surface area contributed by atoms with Crippen molar-refractivity contribution in [1.29, 1.82) is 0 Å². The molecule has 0 aromatic heterocycles. The number of methoxy groups -OCH3 is 1. The third-order valence-corrected chi connectivity index (χ3v) is 5.78. The minimum absolute atomic E-state index is 0.0570. The van der Waals surface area contributed by atoms with Crippen molar-refractivity contribution in [3.05, 3.63) is 0 Å². The molecule has 166 valence electrons. The maximum absolute atomic E-state index is 12.7. The second-order valence-corrected chi connectivity index (χ2v) is 7.84. The van der Waals surface area contributed by atoms with Crippen molar-refractivity contribution >= 4 is 29.8 Å². The van der Waals surface area contributed by atoms with Gasteiger partial charge in [0.15, 0.2) is 17.3 Å². The number of hydrogen-bond acceptors (Lipinski definition) is 11. The van der Waals surface area contributed by atoms with Gasteiger partial charge >= 0.3 is 29.8 Å². The number of carbonyl (C=O) groups is 5. The van der Waals surface area contributed by atoms with Crippen LogP contribution in [0.4, 0.5) is 0 Å². The van der Waals surface area contributed by atoms with Gasteiger partial charge in [0.25, 0.3) is 0 Å². The zero-order valence-electron chi connectivity index (χ0n) is 17.3. The molecule has 3 aliphatic rings. The SMILES string of the molecule is COC(=O)C1(C)CC2OC(=O)C3C2C(O1)C3(OC(C)=O)C(COC(C)=O)OC(C)=O. The van der Waals surface area contributed by atoms with Crippen molar-refractivity contribution < 1.29 is 52.4 Å². The first-order valence-electron chi connectivity index (χ1n) is 9.43. The maximum Gasteiger partial charge on any atom is 0.338 e. The molecule has 7 unspecified atom stereocenters. The topological polar surface area (TPSA) is 141 Å². The van der Waals surface area contributed by atoms with E-state index in [1.165, 1.54) is 14.0 Å². The van der Waals surface area contributed by atoms with Crippen molar-refractivity contribution in [3.63, 3.8) is 0 Å². The quantitative estimate of drug-likeness (QED) is 0.406. The highest BCUT2D eigenvalue weighted by Gasteiger charge is 2.81. The lowest BCUT2D eigenvalue weighted by Gasteiger charge is -2.60. The standard InChI is InChI=1S/C19H24O11/c1-8(20)26-7-12(27-9(2)21)19(29-10(3)22)14-13-11(28-16(14)23)6-18(4,17(24)25-5)30-15(13)19/h11-15H,6-7H2,1-5H3. The van der Waals surface area contributed by atoms with Crippen molar-refractivity contribution in [1.82, 2.24) is 0 Å². The molecule has 0 aromatic rings. The maximum atomic E-state index is 12.7. The van der Waals surface area contributed by atoms with Gasteiger partial charge in [0.2, 0.25) is 0 Å². The third kappa shape index (κ3) is 3.30. The molecule has 0 spiro atoms. The molecule has 7 atom stereocenters. The highest BCUT2D eigenvalue weighted by atomic mass is 16.7. The smallest absolute Gasteiger partial charge is 0.338 e. The Morgan fingerprint density at radius 3 is 2.33 bits per heavy atom. The fourth-order valence-corrected chi connectivity index (χ4v) is 4.76. The van der Waals surface area contributed by atoms with Crippen LogP contribution in [0, 0.1) is 11.8 Å². The van der Waals surface area contributed by atoms with E-state index >= 15 is 0 Å². The van der Waals surface area contributed by atoms with Crippen molar-refractivity contribution in [2.24, 2.45) is 11.8 Å². The number of carbonyl (C=O) groups excluding carboxylic acids is 5. The Morgan fingerprint density at radius 2 is 1.80 bits per heavy atom. The lowest BCUT2D eigenvalue weighted by Crippen LogP contribution is -2.79. The lowest BCUT2D eigenvalue weighted by molar-refractivity contribution is -0.328. The van der Waals surface area contributed by atoms with Gasteiger partial charge in [-0.05, 0) is 6.92 Å². The van der Waals surface area contributed by atoms with Crippen LogP contribution in [0.5, 0.6) is 0 Å². The Balaban J connectivity index is 2.08. The second kappa shape index (κ2) is 7.53. The van der Waals surface area contributed by atoms with Gasteiger partial charge in [0.05, 0.1) is 7.11 Å². The molecule has 0 bridgehead atoms. The van der Waals surface area contributed by atoms with Crippen LogP contribution in [-0.4, -0.2) is 73.1 Å². The molecular formula is C19H24O11. The average molecular weight is 428 g/mol. The Hall–Kier alpha value is -2.69. The van der Waals surface area contributed by atoms with Gasteiger partial charge in [-0.25, -0.2) is 4.79 Å². The monoisotopic (exact) mass is 428 g/mol. The van der Waals surface area contributed by atoms with E-state index in [1.54, 1.807) is 0 Å². The molecule has 1 saturated carbocycles. The fraction of sp³-hybridized carbons (Fsp3) is 0.737. The van der Waals surface area contributed by atoms with E-state index in [-0.39, 0.29) is 6.42 Å². The van der Waals surface area contributed by atoms with E-state index in [2.05, 4.69) is 0 Å². The summed E-state index contributed by atoms with van der Waals surface area (Å²) >= 11 is 0. The predicted molar refractivity (Wildman–Crippen MR) is 93.5 cm³/mol. The highest BCUT2D eigenvalue weighted by molar-refractivity contribution is 5.83. The minimum Gasteiger partial charge on any atom is -0.467 e. The molecule has 0 amide bonds. The van der Waals surface area contributed by atoms with Gasteiger partial charge in [0.1, 0.15) is 24.7 Å². The number of ether oxygens (including phenoxy) is 6. The van der Waals surface area contributed by atoms with Crippen LogP contribution in [0.15, 0.2) is 0 Å². The van der Waals surface area contributed by atoms with Crippen LogP contribution < -0.4 is 0 Å². The van der Waals surface area contributed by atoms with E-state index in [4.69, 9.17) is 28.4 Å². The molecule has 2 heterocycles. The van der Waals surface area contributed by atoms with Gasteiger partial charge in [-0.15, -0.1) is 0 Å². The number of rotatable bonds is 6. The van der Waals surface area contributed by atoms with Crippen LogP contribution >= 0.6 is 0 Å². The van der Waals surface area contributed by atoms with Crippen LogP contribution in [0.1, 0.15) is 34.1 Å². The summed E-state index contributed by atoms with van der Waals surface area (Å²) in [5, 5.41) is 0. The van der Waals surface area contributed by atoms with Crippen LogP contribution in [0.2, 0.25) is 0 Å². The molecule has 0 N–H and O–H groups in total. The Morgan fingerprint density at radius 1 is 1.13 bits per heavy atom. The zero-order chi connectivity index (χ0) is 22.4. The number of esters is 5. The zero-order valence-corrected chi connectivity index (χ0v) is 17.3. The van der Waals surface area contributed by atoms with Gasteiger partial charge in [-0.1, -0.05) is 0 Å². The predicted octanol–water partition coefficient (Wildman–Crippen LogP) is -0.325. The summed E-state index contributed by atoms with van der Waals surface area (Å²) in [6.45, 7) is 4.37. The largest absolute Gasteiger partial charge is 0.467 e. The summed E-state index contributed by atoms with van der Waals surface area (Å²) in [6.07, 6.45) is -3.02. The Kier molecular flexibility index (Phi) is 5.52. The molecule has 0 aromatic carbocycles. The molecule has 3 fully saturated rings. The summed E-state index contributed by atoms with van der Waals surface area (Å²) in [4.78, 5) is 60.2. The number of hydrogen-bond donors (Lipinski definition) is 0. The van der Waals surface area contributed by atoms with Crippen molar-refractivity contribution in [3.8, 4) is 0 Å². The molecule has 2 saturated heterocycles. The van der Waals surface area contributed by atoms with E-state index in [9.17, 15) is 24.0 Å². The summed E-state index contributed by atoms with van der Waals surface area (Å²) in [5.41, 5.74) is -3.33. The highest BCUT2D eigenvalue weighted by Crippen LogP contribution is 2.62. The first-order valence-corrected chi connectivity index (χ1v) is 9.43. The fourth-order valence-electron chi connectivity index (χ4n) is 4.76. The van der Waals surface area contributed by atoms with Crippen LogP contribution in [0.25, 0.3) is 0 Å².